The Balaban J connectivity index is 1.86. The van der Waals surface area contributed by atoms with Crippen LogP contribution in [-0.2, 0) is 14.8 Å². The van der Waals surface area contributed by atoms with Gasteiger partial charge in [-0.3, -0.25) is 9.10 Å². The molecule has 0 saturated carbocycles. The lowest BCUT2D eigenvalue weighted by molar-refractivity contribution is -0.117. The predicted octanol–water partition coefficient (Wildman–Crippen LogP) is 2.20. The molecule has 3 rings (SSSR count). The Labute approximate surface area is 141 Å². The number of carbonyl (C=O) groups is 1. The molecule has 0 fully saturated rings. The van der Waals surface area contributed by atoms with Crippen molar-refractivity contribution in [2.75, 3.05) is 29.5 Å². The highest BCUT2D eigenvalue weighted by atomic mass is 32.2. The van der Waals surface area contributed by atoms with Crippen molar-refractivity contribution >= 4 is 27.3 Å². The van der Waals surface area contributed by atoms with E-state index in [9.17, 15) is 13.2 Å². The van der Waals surface area contributed by atoms with Crippen molar-refractivity contribution in [3.8, 4) is 5.75 Å². The molecule has 1 unspecified atom stereocenters. The van der Waals surface area contributed by atoms with Crippen LogP contribution in [0.25, 0.3) is 0 Å². The maximum Gasteiger partial charge on any atom is 0.235 e. The average molecular weight is 346 g/mol. The Kier molecular flexibility index (Phi) is 4.19. The largest absolute Gasteiger partial charge is 0.492 e. The van der Waals surface area contributed by atoms with Crippen molar-refractivity contribution in [1.82, 2.24) is 0 Å². The highest BCUT2D eigenvalue weighted by Gasteiger charge is 2.30. The normalized spacial score (nSPS) is 16.2. The van der Waals surface area contributed by atoms with Gasteiger partial charge in [0.25, 0.3) is 0 Å². The summed E-state index contributed by atoms with van der Waals surface area (Å²) >= 11 is 0. The summed E-state index contributed by atoms with van der Waals surface area (Å²) in [4.78, 5) is 12.6. The first-order chi connectivity index (χ1) is 11.4. The fraction of sp³-hybridized carbons (Fsp3) is 0.235. The highest BCUT2D eigenvalue weighted by molar-refractivity contribution is 7.92. The van der Waals surface area contributed by atoms with Crippen LogP contribution < -0.4 is 14.4 Å². The fourth-order valence-corrected chi connectivity index (χ4v) is 3.15. The number of anilines is 2. The monoisotopic (exact) mass is 346 g/mol. The number of ether oxygens (including phenoxy) is 1. The molecule has 1 atom stereocenters. The minimum atomic E-state index is -3.42. The third-order valence-corrected chi connectivity index (χ3v) is 5.21. The Hall–Kier alpha value is -2.54. The molecular formula is C17H18N2O4S. The van der Waals surface area contributed by atoms with Crippen LogP contribution in [0.15, 0.2) is 48.5 Å². The van der Waals surface area contributed by atoms with E-state index in [1.165, 1.54) is 7.05 Å². The Morgan fingerprint density at radius 2 is 1.83 bits per heavy atom. The molecule has 126 valence electrons. The number of para-hydroxylation sites is 3. The van der Waals surface area contributed by atoms with E-state index in [0.29, 0.717) is 17.1 Å². The number of hydrogen-bond donors (Lipinski definition) is 1. The zero-order chi connectivity index (χ0) is 17.3. The number of amides is 1. The van der Waals surface area contributed by atoms with Gasteiger partial charge in [0.2, 0.25) is 15.9 Å². The molecule has 0 saturated heterocycles. The first-order valence-corrected chi connectivity index (χ1v) is 9.28. The van der Waals surface area contributed by atoms with Crippen LogP contribution in [0.5, 0.6) is 5.75 Å². The molecule has 0 spiro atoms. The first kappa shape index (κ1) is 16.3. The van der Waals surface area contributed by atoms with Crippen molar-refractivity contribution in [3.05, 3.63) is 54.1 Å². The standard InChI is InChI=1S/C17H18N2O4S/c1-19(24(2,21)22)15-9-5-4-8-14(15)18-17(20)13-11-23-16-10-6-3-7-12(13)16/h3-10,13H,11H2,1-2H3,(H,18,20). The number of nitrogens with one attached hydrogen (secondary N) is 1. The van der Waals surface area contributed by atoms with Gasteiger partial charge in [-0.05, 0) is 18.2 Å². The third-order valence-electron chi connectivity index (χ3n) is 4.02. The third kappa shape index (κ3) is 3.07. The number of nitrogens with zero attached hydrogens (tertiary/aromatic N) is 1. The van der Waals surface area contributed by atoms with Gasteiger partial charge in [0.05, 0.1) is 17.6 Å². The molecule has 1 aliphatic rings. The second kappa shape index (κ2) is 6.16. The quantitative estimate of drug-likeness (QED) is 0.921. The van der Waals surface area contributed by atoms with Crippen LogP contribution in [-0.4, -0.2) is 34.2 Å². The van der Waals surface area contributed by atoms with E-state index < -0.39 is 15.9 Å². The lowest BCUT2D eigenvalue weighted by Gasteiger charge is -2.21. The van der Waals surface area contributed by atoms with Crippen LogP contribution in [0.2, 0.25) is 0 Å². The van der Waals surface area contributed by atoms with Crippen LogP contribution in [0.4, 0.5) is 11.4 Å². The van der Waals surface area contributed by atoms with Gasteiger partial charge in [0.15, 0.2) is 0 Å². The van der Waals surface area contributed by atoms with Gasteiger partial charge in [0.1, 0.15) is 18.3 Å². The molecule has 0 radical (unpaired) electrons. The first-order valence-electron chi connectivity index (χ1n) is 7.43. The van der Waals surface area contributed by atoms with Crippen LogP contribution >= 0.6 is 0 Å². The maximum atomic E-state index is 12.6. The van der Waals surface area contributed by atoms with Gasteiger partial charge in [-0.2, -0.15) is 0 Å². The summed E-state index contributed by atoms with van der Waals surface area (Å²) in [5, 5.41) is 2.82. The van der Waals surface area contributed by atoms with Gasteiger partial charge >= 0.3 is 0 Å². The van der Waals surface area contributed by atoms with Crippen LogP contribution in [0.3, 0.4) is 0 Å². The predicted molar refractivity (Wildman–Crippen MR) is 93.0 cm³/mol. The van der Waals surface area contributed by atoms with Gasteiger partial charge in [-0.15, -0.1) is 0 Å². The molecule has 1 N–H and O–H groups in total. The van der Waals surface area contributed by atoms with Crippen molar-refractivity contribution in [2.45, 2.75) is 5.92 Å². The zero-order valence-corrected chi connectivity index (χ0v) is 14.2. The van der Waals surface area contributed by atoms with Gasteiger partial charge in [-0.25, -0.2) is 8.42 Å². The Morgan fingerprint density at radius 3 is 2.58 bits per heavy atom. The SMILES string of the molecule is CN(c1ccccc1NC(=O)C1COc2ccccc21)S(C)(=O)=O. The van der Waals surface area contributed by atoms with Gasteiger partial charge < -0.3 is 10.1 Å². The van der Waals surface area contributed by atoms with Crippen LogP contribution in [0.1, 0.15) is 11.5 Å². The van der Waals surface area contributed by atoms with E-state index >= 15 is 0 Å². The molecular weight excluding hydrogens is 328 g/mol. The van der Waals surface area contributed by atoms with E-state index in [1.54, 1.807) is 24.3 Å². The highest BCUT2D eigenvalue weighted by Crippen LogP contribution is 2.35. The van der Waals surface area contributed by atoms with E-state index in [2.05, 4.69) is 5.32 Å². The number of benzene rings is 2. The van der Waals surface area contributed by atoms with Gasteiger partial charge in [0, 0.05) is 12.6 Å². The van der Waals surface area contributed by atoms with E-state index in [4.69, 9.17) is 4.74 Å². The van der Waals surface area contributed by atoms with Crippen molar-refractivity contribution < 1.29 is 17.9 Å². The van der Waals surface area contributed by atoms with Crippen molar-refractivity contribution in [3.63, 3.8) is 0 Å². The maximum absolute atomic E-state index is 12.6. The summed E-state index contributed by atoms with van der Waals surface area (Å²) in [6.45, 7) is 0.273. The second-order valence-electron chi connectivity index (χ2n) is 5.64. The second-order valence-corrected chi connectivity index (χ2v) is 7.65. The lowest BCUT2D eigenvalue weighted by atomic mass is 10.0. The molecule has 24 heavy (non-hydrogen) atoms. The molecule has 1 aliphatic heterocycles. The minimum Gasteiger partial charge on any atom is -0.492 e. The lowest BCUT2D eigenvalue weighted by Crippen LogP contribution is -2.28. The smallest absolute Gasteiger partial charge is 0.235 e. The number of fused-ring (bicyclic) bond motifs is 1. The zero-order valence-electron chi connectivity index (χ0n) is 13.4. The summed E-state index contributed by atoms with van der Waals surface area (Å²) in [6.07, 6.45) is 1.12. The number of hydrogen-bond acceptors (Lipinski definition) is 4. The molecule has 1 heterocycles. The molecule has 0 bridgehead atoms. The Morgan fingerprint density at radius 1 is 1.17 bits per heavy atom. The summed E-state index contributed by atoms with van der Waals surface area (Å²) in [6, 6.07) is 14.2. The summed E-state index contributed by atoms with van der Waals surface area (Å²) < 4.78 is 30.2. The molecule has 2 aromatic carbocycles. The number of carbonyl (C=O) groups excluding carboxylic acids is 1. The Bertz CT molecular complexity index is 880. The molecule has 7 heteroatoms. The van der Waals surface area contributed by atoms with Crippen molar-refractivity contribution in [1.29, 1.82) is 0 Å². The minimum absolute atomic E-state index is 0.227. The van der Waals surface area contributed by atoms with Crippen molar-refractivity contribution in [2.24, 2.45) is 0 Å². The molecule has 6 nitrogen and oxygen atoms in total. The number of rotatable bonds is 4. The summed E-state index contributed by atoms with van der Waals surface area (Å²) in [5.41, 5.74) is 1.70. The van der Waals surface area contributed by atoms with E-state index in [-0.39, 0.29) is 12.5 Å². The van der Waals surface area contributed by atoms with E-state index in [1.807, 2.05) is 24.3 Å². The van der Waals surface area contributed by atoms with Gasteiger partial charge in [-0.1, -0.05) is 30.3 Å². The van der Waals surface area contributed by atoms with E-state index in [0.717, 1.165) is 16.1 Å². The number of sulfonamides is 1. The molecule has 0 aromatic heterocycles. The summed E-state index contributed by atoms with van der Waals surface area (Å²) in [7, 11) is -1.97. The van der Waals surface area contributed by atoms with Crippen LogP contribution in [0, 0.1) is 0 Å². The molecule has 2 aromatic rings. The fourth-order valence-electron chi connectivity index (χ4n) is 2.63. The molecule has 1 amide bonds. The summed E-state index contributed by atoms with van der Waals surface area (Å²) in [5.74, 6) is 0.0614. The average Bonchev–Trinajstić information content (AvgIpc) is 2.98. The molecule has 0 aliphatic carbocycles. The topological polar surface area (TPSA) is 75.7 Å².